The summed E-state index contributed by atoms with van der Waals surface area (Å²) in [5.74, 6) is 0.905. The molecule has 4 nitrogen and oxygen atoms in total. The Balaban J connectivity index is 2.40. The van der Waals surface area contributed by atoms with Crippen LogP contribution in [0.3, 0.4) is 0 Å². The van der Waals surface area contributed by atoms with Gasteiger partial charge in [-0.15, -0.1) is 0 Å². The van der Waals surface area contributed by atoms with Crippen LogP contribution >= 0.6 is 0 Å². The van der Waals surface area contributed by atoms with Gasteiger partial charge >= 0.3 is 0 Å². The first kappa shape index (κ1) is 14.5. The van der Waals surface area contributed by atoms with Crippen LogP contribution in [0, 0.1) is 0 Å². The second-order valence-corrected chi connectivity index (χ2v) is 4.21. The molecule has 0 aliphatic carbocycles. The molecule has 0 saturated heterocycles. The number of carbonyl (C=O) groups is 1. The molecule has 2 N–H and O–H groups in total. The molecule has 100 valence electrons. The summed E-state index contributed by atoms with van der Waals surface area (Å²) in [6, 6.07) is 8.32. The zero-order chi connectivity index (χ0) is 13.4. The highest BCUT2D eigenvalue weighted by Crippen LogP contribution is 2.18. The lowest BCUT2D eigenvalue weighted by atomic mass is 10.1. The standard InChI is InChI=1S/C14H22N2O2/c1-11(15-2)12-6-4-7-13(10-12)18-9-5-8-14(17)16-3/h4,6-7,10-11,15H,5,8-9H2,1-3H3,(H,16,17). The van der Waals surface area contributed by atoms with Gasteiger partial charge in [0.1, 0.15) is 5.75 Å². The van der Waals surface area contributed by atoms with Gasteiger partial charge in [0.25, 0.3) is 0 Å². The highest BCUT2D eigenvalue weighted by Gasteiger charge is 2.04. The van der Waals surface area contributed by atoms with E-state index in [1.54, 1.807) is 7.05 Å². The number of nitrogens with one attached hydrogen (secondary N) is 2. The van der Waals surface area contributed by atoms with Crippen molar-refractivity contribution in [3.8, 4) is 5.75 Å². The number of rotatable bonds is 7. The summed E-state index contributed by atoms with van der Waals surface area (Å²) >= 11 is 0. The molecule has 0 aliphatic rings. The largest absolute Gasteiger partial charge is 0.494 e. The van der Waals surface area contributed by atoms with Gasteiger partial charge < -0.3 is 15.4 Å². The smallest absolute Gasteiger partial charge is 0.219 e. The molecule has 0 fully saturated rings. The minimum absolute atomic E-state index is 0.0520. The van der Waals surface area contributed by atoms with Gasteiger partial charge in [0, 0.05) is 19.5 Å². The van der Waals surface area contributed by atoms with Crippen LogP contribution < -0.4 is 15.4 Å². The predicted molar refractivity (Wildman–Crippen MR) is 72.7 cm³/mol. The van der Waals surface area contributed by atoms with Gasteiger partial charge in [0.2, 0.25) is 5.91 Å². The Bertz CT molecular complexity index is 380. The summed E-state index contributed by atoms with van der Waals surface area (Å²) in [6.45, 7) is 2.66. The summed E-state index contributed by atoms with van der Waals surface area (Å²) in [7, 11) is 3.58. The van der Waals surface area contributed by atoms with Crippen molar-refractivity contribution in [2.75, 3.05) is 20.7 Å². The molecule has 1 aromatic carbocycles. The van der Waals surface area contributed by atoms with E-state index in [9.17, 15) is 4.79 Å². The van der Waals surface area contributed by atoms with Gasteiger partial charge in [-0.05, 0) is 38.1 Å². The van der Waals surface area contributed by atoms with Gasteiger partial charge in [-0.1, -0.05) is 12.1 Å². The number of ether oxygens (including phenoxy) is 1. The predicted octanol–water partition coefficient (Wildman–Crippen LogP) is 1.87. The second kappa shape index (κ2) is 7.71. The van der Waals surface area contributed by atoms with Crippen molar-refractivity contribution in [2.24, 2.45) is 0 Å². The lowest BCUT2D eigenvalue weighted by Gasteiger charge is -2.12. The maximum atomic E-state index is 11.0. The summed E-state index contributed by atoms with van der Waals surface area (Å²) in [5.41, 5.74) is 1.20. The van der Waals surface area contributed by atoms with Crippen LogP contribution in [0.5, 0.6) is 5.75 Å². The lowest BCUT2D eigenvalue weighted by molar-refractivity contribution is -0.120. The van der Waals surface area contributed by atoms with E-state index in [0.717, 1.165) is 12.2 Å². The van der Waals surface area contributed by atoms with E-state index >= 15 is 0 Å². The molecule has 0 aromatic heterocycles. The Morgan fingerprint density at radius 3 is 2.83 bits per heavy atom. The first-order valence-corrected chi connectivity index (χ1v) is 6.28. The fraction of sp³-hybridized carbons (Fsp3) is 0.500. The molecule has 4 heteroatoms. The Morgan fingerprint density at radius 2 is 2.17 bits per heavy atom. The van der Waals surface area contributed by atoms with Crippen LogP contribution in [-0.2, 0) is 4.79 Å². The normalized spacial score (nSPS) is 11.9. The Morgan fingerprint density at radius 1 is 1.39 bits per heavy atom. The van der Waals surface area contributed by atoms with Crippen LogP contribution in [0.2, 0.25) is 0 Å². The van der Waals surface area contributed by atoms with Crippen molar-refractivity contribution in [3.63, 3.8) is 0 Å². The third-order valence-corrected chi connectivity index (χ3v) is 2.89. The maximum absolute atomic E-state index is 11.0. The molecule has 0 heterocycles. The second-order valence-electron chi connectivity index (χ2n) is 4.21. The van der Waals surface area contributed by atoms with Gasteiger partial charge in [-0.2, -0.15) is 0 Å². The number of amides is 1. The van der Waals surface area contributed by atoms with Crippen LogP contribution in [0.25, 0.3) is 0 Å². The summed E-state index contributed by atoms with van der Waals surface area (Å²) in [6.07, 6.45) is 1.23. The number of hydrogen-bond acceptors (Lipinski definition) is 3. The quantitative estimate of drug-likeness (QED) is 0.726. The van der Waals surface area contributed by atoms with Crippen molar-refractivity contribution in [3.05, 3.63) is 29.8 Å². The van der Waals surface area contributed by atoms with Gasteiger partial charge in [-0.3, -0.25) is 4.79 Å². The van der Waals surface area contributed by atoms with Crippen LogP contribution in [0.15, 0.2) is 24.3 Å². The average Bonchev–Trinajstić information content (AvgIpc) is 2.42. The fourth-order valence-electron chi connectivity index (χ4n) is 1.59. The van der Waals surface area contributed by atoms with E-state index in [2.05, 4.69) is 23.6 Å². The number of hydrogen-bond donors (Lipinski definition) is 2. The first-order chi connectivity index (χ1) is 8.67. The topological polar surface area (TPSA) is 50.4 Å². The third kappa shape index (κ3) is 4.75. The summed E-state index contributed by atoms with van der Waals surface area (Å²) < 4.78 is 5.63. The molecule has 1 amide bonds. The molecular weight excluding hydrogens is 228 g/mol. The van der Waals surface area contributed by atoms with E-state index in [1.165, 1.54) is 5.56 Å². The summed E-state index contributed by atoms with van der Waals surface area (Å²) in [5, 5.41) is 5.78. The van der Waals surface area contributed by atoms with Crippen molar-refractivity contribution in [2.45, 2.75) is 25.8 Å². The van der Waals surface area contributed by atoms with Crippen LogP contribution in [-0.4, -0.2) is 26.6 Å². The van der Waals surface area contributed by atoms with Crippen LogP contribution in [0.1, 0.15) is 31.4 Å². The third-order valence-electron chi connectivity index (χ3n) is 2.89. The molecule has 18 heavy (non-hydrogen) atoms. The first-order valence-electron chi connectivity index (χ1n) is 6.28. The van der Waals surface area contributed by atoms with E-state index in [0.29, 0.717) is 19.1 Å². The number of benzene rings is 1. The lowest BCUT2D eigenvalue weighted by Crippen LogP contribution is -2.18. The molecule has 0 radical (unpaired) electrons. The van der Waals surface area contributed by atoms with Crippen molar-refractivity contribution in [1.82, 2.24) is 10.6 Å². The molecule has 0 spiro atoms. The molecular formula is C14H22N2O2. The molecule has 0 saturated carbocycles. The Hall–Kier alpha value is -1.55. The number of carbonyl (C=O) groups excluding carboxylic acids is 1. The van der Waals surface area contributed by atoms with Gasteiger partial charge in [0.05, 0.1) is 6.61 Å². The van der Waals surface area contributed by atoms with E-state index in [4.69, 9.17) is 4.74 Å². The zero-order valence-electron chi connectivity index (χ0n) is 11.3. The molecule has 0 aliphatic heterocycles. The van der Waals surface area contributed by atoms with Gasteiger partial charge in [-0.25, -0.2) is 0 Å². The van der Waals surface area contributed by atoms with E-state index in [1.807, 2.05) is 25.2 Å². The molecule has 0 bridgehead atoms. The SMILES string of the molecule is CNC(=O)CCCOc1cccc(C(C)NC)c1. The van der Waals surface area contributed by atoms with Crippen molar-refractivity contribution in [1.29, 1.82) is 0 Å². The van der Waals surface area contributed by atoms with Crippen molar-refractivity contribution >= 4 is 5.91 Å². The summed E-state index contributed by atoms with van der Waals surface area (Å²) in [4.78, 5) is 11.0. The molecule has 1 atom stereocenters. The van der Waals surface area contributed by atoms with E-state index in [-0.39, 0.29) is 5.91 Å². The Labute approximate surface area is 109 Å². The minimum atomic E-state index is 0.0520. The van der Waals surface area contributed by atoms with Gasteiger partial charge in [0.15, 0.2) is 0 Å². The zero-order valence-corrected chi connectivity index (χ0v) is 11.3. The average molecular weight is 250 g/mol. The molecule has 1 rings (SSSR count). The maximum Gasteiger partial charge on any atom is 0.219 e. The molecule has 1 unspecified atom stereocenters. The monoisotopic (exact) mass is 250 g/mol. The highest BCUT2D eigenvalue weighted by molar-refractivity contribution is 5.75. The van der Waals surface area contributed by atoms with Crippen LogP contribution in [0.4, 0.5) is 0 Å². The highest BCUT2D eigenvalue weighted by atomic mass is 16.5. The van der Waals surface area contributed by atoms with E-state index < -0.39 is 0 Å². The Kier molecular flexibility index (Phi) is 6.22. The molecule has 1 aromatic rings. The fourth-order valence-corrected chi connectivity index (χ4v) is 1.59. The minimum Gasteiger partial charge on any atom is -0.494 e. The van der Waals surface area contributed by atoms with Crippen molar-refractivity contribution < 1.29 is 9.53 Å².